The number of carboxylic acids is 1. The van der Waals surface area contributed by atoms with Crippen LogP contribution in [0.2, 0.25) is 0 Å². The molecular formula is C17H14O4. The number of hydrogen-bond acceptors (Lipinski definition) is 3. The van der Waals surface area contributed by atoms with Gasteiger partial charge in [-0.15, -0.1) is 0 Å². The number of aliphatic carboxylic acids is 1. The fraction of sp³-hybridized carbons (Fsp3) is 0.176. The average Bonchev–Trinajstić information content (AvgIpc) is 2.80. The van der Waals surface area contributed by atoms with E-state index in [9.17, 15) is 9.59 Å². The maximum Gasteiger partial charge on any atom is 0.307 e. The largest absolute Gasteiger partial charge is 0.481 e. The fourth-order valence-corrected chi connectivity index (χ4v) is 2.64. The minimum atomic E-state index is -1.00. The molecule has 1 aliphatic rings. The van der Waals surface area contributed by atoms with Crippen molar-refractivity contribution in [1.29, 1.82) is 0 Å². The molecule has 2 aromatic rings. The van der Waals surface area contributed by atoms with Crippen LogP contribution in [-0.4, -0.2) is 17.0 Å². The van der Waals surface area contributed by atoms with E-state index in [0.29, 0.717) is 0 Å². The second-order valence-electron chi connectivity index (χ2n) is 4.94. The van der Waals surface area contributed by atoms with Gasteiger partial charge in [0.1, 0.15) is 0 Å². The molecule has 0 radical (unpaired) electrons. The number of carbonyl (C=O) groups excluding carboxylic acids is 1. The van der Waals surface area contributed by atoms with Crippen LogP contribution in [0.25, 0.3) is 11.1 Å². The lowest BCUT2D eigenvalue weighted by Gasteiger charge is -2.14. The van der Waals surface area contributed by atoms with Crippen LogP contribution in [-0.2, 0) is 14.3 Å². The summed E-state index contributed by atoms with van der Waals surface area (Å²) in [5.74, 6) is -1.49. The molecule has 1 N–H and O–H groups in total. The van der Waals surface area contributed by atoms with Crippen LogP contribution in [0, 0.1) is 0 Å². The topological polar surface area (TPSA) is 63.6 Å². The van der Waals surface area contributed by atoms with E-state index in [1.54, 1.807) is 0 Å². The van der Waals surface area contributed by atoms with Gasteiger partial charge in [-0.3, -0.25) is 9.59 Å². The molecule has 0 unspecified atom stereocenters. The molecule has 0 saturated carbocycles. The molecule has 0 atom stereocenters. The third-order valence-electron chi connectivity index (χ3n) is 3.57. The second-order valence-corrected chi connectivity index (χ2v) is 4.94. The predicted octanol–water partition coefficient (Wildman–Crippen LogP) is 3.16. The Morgan fingerprint density at radius 2 is 1.43 bits per heavy atom. The van der Waals surface area contributed by atoms with E-state index >= 15 is 0 Å². The maximum atomic E-state index is 11.8. The Morgan fingerprint density at radius 3 is 1.95 bits per heavy atom. The first-order valence-electron chi connectivity index (χ1n) is 6.76. The molecule has 2 aromatic carbocycles. The van der Waals surface area contributed by atoms with E-state index in [4.69, 9.17) is 9.84 Å². The molecule has 21 heavy (non-hydrogen) atoms. The van der Waals surface area contributed by atoms with Crippen LogP contribution in [0.1, 0.15) is 30.1 Å². The Bertz CT molecular complexity index is 660. The molecular weight excluding hydrogens is 268 g/mol. The third kappa shape index (κ3) is 2.52. The molecule has 0 saturated heterocycles. The molecule has 4 heteroatoms. The molecule has 4 nitrogen and oxygen atoms in total. The molecule has 3 rings (SSSR count). The SMILES string of the molecule is O=C(O)CCC(=O)OC1c2ccccc2-c2ccccc21. The third-order valence-corrected chi connectivity index (χ3v) is 3.57. The lowest BCUT2D eigenvalue weighted by Crippen LogP contribution is -2.12. The van der Waals surface area contributed by atoms with Crippen LogP contribution in [0.4, 0.5) is 0 Å². The van der Waals surface area contributed by atoms with E-state index in [2.05, 4.69) is 0 Å². The van der Waals surface area contributed by atoms with Crippen LogP contribution < -0.4 is 0 Å². The Labute approximate surface area is 122 Å². The van der Waals surface area contributed by atoms with Gasteiger partial charge < -0.3 is 9.84 Å². The molecule has 0 spiro atoms. The van der Waals surface area contributed by atoms with Crippen molar-refractivity contribution < 1.29 is 19.4 Å². The minimum Gasteiger partial charge on any atom is -0.481 e. The number of rotatable bonds is 4. The fourth-order valence-electron chi connectivity index (χ4n) is 2.64. The normalized spacial score (nSPS) is 12.6. The van der Waals surface area contributed by atoms with Crippen LogP contribution in [0.5, 0.6) is 0 Å². The van der Waals surface area contributed by atoms with Gasteiger partial charge in [-0.05, 0) is 11.1 Å². The van der Waals surface area contributed by atoms with Gasteiger partial charge in [0.2, 0.25) is 0 Å². The molecule has 0 fully saturated rings. The monoisotopic (exact) mass is 282 g/mol. The summed E-state index contributed by atoms with van der Waals surface area (Å²) >= 11 is 0. The number of esters is 1. The Balaban J connectivity index is 1.88. The summed E-state index contributed by atoms with van der Waals surface area (Å²) in [6.45, 7) is 0. The Hall–Kier alpha value is -2.62. The highest BCUT2D eigenvalue weighted by Gasteiger charge is 2.30. The van der Waals surface area contributed by atoms with Gasteiger partial charge >= 0.3 is 11.9 Å². The van der Waals surface area contributed by atoms with Crippen molar-refractivity contribution in [3.8, 4) is 11.1 Å². The average molecular weight is 282 g/mol. The van der Waals surface area contributed by atoms with Gasteiger partial charge in [0, 0.05) is 11.1 Å². The van der Waals surface area contributed by atoms with Crippen LogP contribution in [0.3, 0.4) is 0 Å². The standard InChI is InChI=1S/C17H14O4/c18-15(19)9-10-16(20)21-17-13-7-3-1-5-11(13)12-6-2-4-8-14(12)17/h1-8,17H,9-10H2,(H,18,19). The first kappa shape index (κ1) is 13.4. The Morgan fingerprint density at radius 1 is 0.905 bits per heavy atom. The van der Waals surface area contributed by atoms with Gasteiger partial charge in [-0.25, -0.2) is 0 Å². The lowest BCUT2D eigenvalue weighted by molar-refractivity contribution is -0.150. The van der Waals surface area contributed by atoms with Gasteiger partial charge in [-0.2, -0.15) is 0 Å². The molecule has 106 valence electrons. The number of ether oxygens (including phenoxy) is 1. The first-order chi connectivity index (χ1) is 10.2. The van der Waals surface area contributed by atoms with Crippen molar-refractivity contribution in [1.82, 2.24) is 0 Å². The highest BCUT2D eigenvalue weighted by molar-refractivity contribution is 5.81. The first-order valence-corrected chi connectivity index (χ1v) is 6.76. The zero-order chi connectivity index (χ0) is 14.8. The smallest absolute Gasteiger partial charge is 0.307 e. The van der Waals surface area contributed by atoms with Crippen molar-refractivity contribution >= 4 is 11.9 Å². The number of hydrogen-bond donors (Lipinski definition) is 1. The summed E-state index contributed by atoms with van der Waals surface area (Å²) in [5.41, 5.74) is 4.01. The summed E-state index contributed by atoms with van der Waals surface area (Å²) in [7, 11) is 0. The summed E-state index contributed by atoms with van der Waals surface area (Å²) in [4.78, 5) is 22.4. The number of carbonyl (C=O) groups is 2. The summed E-state index contributed by atoms with van der Waals surface area (Å²) in [6, 6.07) is 15.6. The number of fused-ring (bicyclic) bond motifs is 3. The van der Waals surface area contributed by atoms with Crippen molar-refractivity contribution in [2.75, 3.05) is 0 Å². The zero-order valence-corrected chi connectivity index (χ0v) is 11.3. The highest BCUT2D eigenvalue weighted by Crippen LogP contribution is 2.45. The van der Waals surface area contributed by atoms with Crippen molar-refractivity contribution in [2.24, 2.45) is 0 Å². The maximum absolute atomic E-state index is 11.8. The molecule has 1 aliphatic carbocycles. The highest BCUT2D eigenvalue weighted by atomic mass is 16.5. The van der Waals surface area contributed by atoms with Crippen LogP contribution >= 0.6 is 0 Å². The summed E-state index contributed by atoms with van der Waals surface area (Å²) in [5, 5.41) is 8.63. The van der Waals surface area contributed by atoms with Gasteiger partial charge in [0.25, 0.3) is 0 Å². The molecule has 0 amide bonds. The lowest BCUT2D eigenvalue weighted by atomic mass is 10.1. The van der Waals surface area contributed by atoms with Crippen molar-refractivity contribution in [3.63, 3.8) is 0 Å². The van der Waals surface area contributed by atoms with E-state index in [0.717, 1.165) is 22.3 Å². The molecule has 0 bridgehead atoms. The Kier molecular flexibility index (Phi) is 3.44. The second kappa shape index (κ2) is 5.40. The van der Waals surface area contributed by atoms with Crippen LogP contribution in [0.15, 0.2) is 48.5 Å². The molecule has 0 aliphatic heterocycles. The van der Waals surface area contributed by atoms with Gasteiger partial charge in [0.15, 0.2) is 6.10 Å². The van der Waals surface area contributed by atoms with E-state index < -0.39 is 18.0 Å². The minimum absolute atomic E-state index is 0.115. The summed E-state index contributed by atoms with van der Waals surface area (Å²) in [6.07, 6.45) is -0.774. The number of carboxylic acid groups (broad SMARTS) is 1. The molecule has 0 heterocycles. The molecule has 0 aromatic heterocycles. The van der Waals surface area contributed by atoms with Crippen molar-refractivity contribution in [3.05, 3.63) is 59.7 Å². The zero-order valence-electron chi connectivity index (χ0n) is 11.3. The van der Waals surface area contributed by atoms with Gasteiger partial charge in [0.05, 0.1) is 12.8 Å². The van der Waals surface area contributed by atoms with E-state index in [1.165, 1.54) is 0 Å². The van der Waals surface area contributed by atoms with Crippen molar-refractivity contribution in [2.45, 2.75) is 18.9 Å². The van der Waals surface area contributed by atoms with E-state index in [-0.39, 0.29) is 12.8 Å². The van der Waals surface area contributed by atoms with E-state index in [1.807, 2.05) is 48.5 Å². The predicted molar refractivity (Wildman–Crippen MR) is 76.7 cm³/mol. The number of benzene rings is 2. The quantitative estimate of drug-likeness (QED) is 0.875. The van der Waals surface area contributed by atoms with Gasteiger partial charge in [-0.1, -0.05) is 48.5 Å². The summed E-state index contributed by atoms with van der Waals surface area (Å²) < 4.78 is 5.51.